The molecule has 2 aliphatic rings. The molecule has 0 bridgehead atoms. The second-order valence-corrected chi connectivity index (χ2v) is 3.98. The number of hydrogen-bond acceptors (Lipinski definition) is 4. The van der Waals surface area contributed by atoms with Crippen LogP contribution in [0, 0.1) is 11.3 Å². The van der Waals surface area contributed by atoms with Gasteiger partial charge in [-0.05, 0) is 12.2 Å². The summed E-state index contributed by atoms with van der Waals surface area (Å²) in [6, 6.07) is 6.04. The van der Waals surface area contributed by atoms with Gasteiger partial charge in [0.05, 0.1) is 11.4 Å². The van der Waals surface area contributed by atoms with Crippen LogP contribution in [0.5, 0.6) is 0 Å². The molecule has 19 heavy (non-hydrogen) atoms. The van der Waals surface area contributed by atoms with E-state index in [1.54, 1.807) is 0 Å². The van der Waals surface area contributed by atoms with Crippen LogP contribution in [0.1, 0.15) is 0 Å². The van der Waals surface area contributed by atoms with E-state index < -0.39 is 0 Å². The molecule has 3 rings (SSSR count). The number of aromatic nitrogens is 1. The number of allylic oxidation sites excluding steroid dienone is 3. The SMILES string of the molecule is N#CC[n+]1ccc(N2C=C3C=CC=CN3N2)cc1.[Br-]. The highest BCUT2D eigenvalue weighted by atomic mass is 79.9. The molecule has 0 saturated heterocycles. The van der Waals surface area contributed by atoms with Crippen molar-refractivity contribution in [1.82, 2.24) is 10.5 Å². The van der Waals surface area contributed by atoms with E-state index in [1.165, 1.54) is 0 Å². The van der Waals surface area contributed by atoms with Gasteiger partial charge in [-0.15, -0.1) is 5.53 Å². The van der Waals surface area contributed by atoms with Crippen molar-refractivity contribution in [1.29, 1.82) is 5.26 Å². The second-order valence-electron chi connectivity index (χ2n) is 3.98. The molecule has 0 spiro atoms. The minimum absolute atomic E-state index is 0. The summed E-state index contributed by atoms with van der Waals surface area (Å²) < 4.78 is 1.83. The normalized spacial score (nSPS) is 15.6. The van der Waals surface area contributed by atoms with E-state index in [-0.39, 0.29) is 17.0 Å². The summed E-state index contributed by atoms with van der Waals surface area (Å²) in [5.41, 5.74) is 5.33. The Bertz CT molecular complexity index is 582. The van der Waals surface area contributed by atoms with Crippen LogP contribution >= 0.6 is 0 Å². The standard InChI is InChI=1S/C13H12N5.BrH/c14-6-10-16-8-4-12(5-9-16)18-11-13-3-1-2-7-17(13)15-18;/h1-5,7-9,11,15H,10H2;1H/q+1;/p-1. The Morgan fingerprint density at radius 1 is 1.21 bits per heavy atom. The van der Waals surface area contributed by atoms with Crippen LogP contribution in [0.15, 0.2) is 60.9 Å². The van der Waals surface area contributed by atoms with Gasteiger partial charge in [-0.2, -0.15) is 9.83 Å². The van der Waals surface area contributed by atoms with Crippen molar-refractivity contribution in [2.24, 2.45) is 0 Å². The Balaban J connectivity index is 0.00000133. The second kappa shape index (κ2) is 5.69. The highest BCUT2D eigenvalue weighted by Gasteiger charge is 2.19. The molecular formula is C13H12BrN5. The molecule has 0 aromatic carbocycles. The van der Waals surface area contributed by atoms with Crippen LogP contribution in [0.25, 0.3) is 0 Å². The van der Waals surface area contributed by atoms with Crippen molar-refractivity contribution in [3.63, 3.8) is 0 Å². The Hall–Kier alpha value is -2.10. The Morgan fingerprint density at radius 3 is 2.68 bits per heavy atom. The van der Waals surface area contributed by atoms with Crippen molar-refractivity contribution in [2.45, 2.75) is 6.54 Å². The van der Waals surface area contributed by atoms with Crippen molar-refractivity contribution < 1.29 is 21.5 Å². The number of hydrogen-bond donors (Lipinski definition) is 1. The van der Waals surface area contributed by atoms with Gasteiger partial charge in [0.2, 0.25) is 6.54 Å². The zero-order valence-corrected chi connectivity index (χ0v) is 11.7. The molecule has 1 N–H and O–H groups in total. The highest BCUT2D eigenvalue weighted by Crippen LogP contribution is 2.21. The van der Waals surface area contributed by atoms with Crippen molar-refractivity contribution in [3.05, 3.63) is 60.9 Å². The third-order valence-corrected chi connectivity index (χ3v) is 2.77. The fourth-order valence-corrected chi connectivity index (χ4v) is 1.86. The maximum absolute atomic E-state index is 8.62. The minimum Gasteiger partial charge on any atom is -1.00 e. The summed E-state index contributed by atoms with van der Waals surface area (Å²) in [5, 5.41) is 12.5. The first kappa shape index (κ1) is 13.3. The molecule has 0 unspecified atom stereocenters. The number of fused-ring (bicyclic) bond motifs is 1. The van der Waals surface area contributed by atoms with Gasteiger partial charge in [-0.25, -0.2) is 0 Å². The van der Waals surface area contributed by atoms with Crippen molar-refractivity contribution in [3.8, 4) is 6.07 Å². The molecule has 0 aliphatic carbocycles. The zero-order chi connectivity index (χ0) is 12.4. The van der Waals surface area contributed by atoms with Crippen molar-refractivity contribution >= 4 is 5.69 Å². The lowest BCUT2D eigenvalue weighted by Crippen LogP contribution is -3.00. The topological polar surface area (TPSA) is 46.2 Å². The van der Waals surface area contributed by atoms with Crippen LogP contribution < -0.4 is 32.1 Å². The number of hydrazine groups is 2. The van der Waals surface area contributed by atoms with Crippen molar-refractivity contribution in [2.75, 3.05) is 5.01 Å². The fraction of sp³-hybridized carbons (Fsp3) is 0.0769. The predicted octanol–water partition coefficient (Wildman–Crippen LogP) is -2.03. The quantitative estimate of drug-likeness (QED) is 0.639. The lowest BCUT2D eigenvalue weighted by molar-refractivity contribution is -0.685. The summed E-state index contributed by atoms with van der Waals surface area (Å²) in [6.45, 7) is 0.367. The molecule has 1 aromatic rings. The average molecular weight is 318 g/mol. The molecule has 0 amide bonds. The van der Waals surface area contributed by atoms with Gasteiger partial charge in [0.25, 0.3) is 0 Å². The molecule has 1 aromatic heterocycles. The van der Waals surface area contributed by atoms with Gasteiger partial charge in [0, 0.05) is 24.5 Å². The highest BCUT2D eigenvalue weighted by molar-refractivity contribution is 5.49. The molecule has 0 fully saturated rings. The smallest absolute Gasteiger partial charge is 0.233 e. The third kappa shape index (κ3) is 2.67. The summed E-state index contributed by atoms with van der Waals surface area (Å²) in [5.74, 6) is 0. The number of nitriles is 1. The fourth-order valence-electron chi connectivity index (χ4n) is 1.86. The number of rotatable bonds is 2. The third-order valence-electron chi connectivity index (χ3n) is 2.77. The van der Waals surface area contributed by atoms with Gasteiger partial charge >= 0.3 is 0 Å². The van der Waals surface area contributed by atoms with E-state index >= 15 is 0 Å². The minimum atomic E-state index is 0. The van der Waals surface area contributed by atoms with Gasteiger partial charge in [0.1, 0.15) is 6.07 Å². The number of pyridine rings is 1. The van der Waals surface area contributed by atoms with Crippen LogP contribution in [-0.2, 0) is 6.54 Å². The van der Waals surface area contributed by atoms with Crippen LogP contribution in [0.4, 0.5) is 5.69 Å². The molecule has 3 heterocycles. The van der Waals surface area contributed by atoms with E-state index in [1.807, 2.05) is 69.7 Å². The molecule has 0 saturated carbocycles. The molecule has 0 atom stereocenters. The van der Waals surface area contributed by atoms with E-state index in [0.717, 1.165) is 11.4 Å². The van der Waals surface area contributed by atoms with Gasteiger partial charge in [0.15, 0.2) is 12.4 Å². The number of halogens is 1. The first-order chi connectivity index (χ1) is 8.86. The first-order valence-electron chi connectivity index (χ1n) is 5.64. The zero-order valence-electron chi connectivity index (χ0n) is 10.1. The van der Waals surface area contributed by atoms with Gasteiger partial charge < -0.3 is 17.0 Å². The Labute approximate surface area is 122 Å². The molecule has 96 valence electrons. The molecule has 5 nitrogen and oxygen atoms in total. The summed E-state index contributed by atoms with van der Waals surface area (Å²) in [6.07, 6.45) is 13.8. The van der Waals surface area contributed by atoms with E-state index in [0.29, 0.717) is 6.54 Å². The maximum atomic E-state index is 8.62. The number of anilines is 1. The summed E-state index contributed by atoms with van der Waals surface area (Å²) in [7, 11) is 0. The van der Waals surface area contributed by atoms with Crippen LogP contribution in [0.2, 0.25) is 0 Å². The summed E-state index contributed by atoms with van der Waals surface area (Å²) >= 11 is 0. The van der Waals surface area contributed by atoms with Gasteiger partial charge in [-0.1, -0.05) is 6.08 Å². The largest absolute Gasteiger partial charge is 1.00 e. The molecule has 2 aliphatic heterocycles. The molecule has 6 heteroatoms. The average Bonchev–Trinajstić information content (AvgIpc) is 2.84. The molecule has 0 radical (unpaired) electrons. The van der Waals surface area contributed by atoms with Crippen LogP contribution in [0.3, 0.4) is 0 Å². The van der Waals surface area contributed by atoms with Crippen LogP contribution in [-0.4, -0.2) is 5.01 Å². The predicted molar refractivity (Wildman–Crippen MR) is 66.1 cm³/mol. The lowest BCUT2D eigenvalue weighted by Gasteiger charge is -2.21. The first-order valence-corrected chi connectivity index (χ1v) is 5.64. The molecular weight excluding hydrogens is 306 g/mol. The maximum Gasteiger partial charge on any atom is 0.233 e. The van der Waals surface area contributed by atoms with E-state index in [9.17, 15) is 0 Å². The summed E-state index contributed by atoms with van der Waals surface area (Å²) in [4.78, 5) is 0. The van der Waals surface area contributed by atoms with E-state index in [2.05, 4.69) is 11.6 Å². The lowest BCUT2D eigenvalue weighted by atomic mass is 10.3. The Kier molecular flexibility index (Phi) is 4.00. The number of nitrogens with zero attached hydrogens (tertiary/aromatic N) is 4. The Morgan fingerprint density at radius 2 is 2.00 bits per heavy atom. The van der Waals surface area contributed by atoms with E-state index in [4.69, 9.17) is 5.26 Å². The monoisotopic (exact) mass is 317 g/mol. The number of nitrogens with one attached hydrogen (secondary N) is 1. The van der Waals surface area contributed by atoms with Gasteiger partial charge in [-0.3, -0.25) is 10.0 Å².